The summed E-state index contributed by atoms with van der Waals surface area (Å²) in [7, 11) is 0. The molecule has 1 aromatic rings. The van der Waals surface area contributed by atoms with E-state index < -0.39 is 0 Å². The molecule has 1 amide bonds. The van der Waals surface area contributed by atoms with Gasteiger partial charge in [0.05, 0.1) is 0 Å². The highest BCUT2D eigenvalue weighted by atomic mass is 16.1. The topological polar surface area (TPSA) is 58.4 Å². The van der Waals surface area contributed by atoms with Crippen molar-refractivity contribution in [2.45, 2.75) is 33.6 Å². The van der Waals surface area contributed by atoms with E-state index in [1.54, 1.807) is 0 Å². The first-order valence-corrected chi connectivity index (χ1v) is 7.84. The van der Waals surface area contributed by atoms with Crippen LogP contribution in [-0.4, -0.2) is 30.4 Å². The van der Waals surface area contributed by atoms with E-state index in [9.17, 15) is 4.79 Å². The van der Waals surface area contributed by atoms with Gasteiger partial charge in [0.2, 0.25) is 5.91 Å². The Balaban J connectivity index is 1.79. The van der Waals surface area contributed by atoms with Gasteiger partial charge in [-0.2, -0.15) is 0 Å². The number of nitrogens with one attached hydrogen (secondary N) is 1. The highest BCUT2D eigenvalue weighted by Crippen LogP contribution is 2.24. The maximum Gasteiger partial charge on any atom is 0.225 e. The second-order valence-corrected chi connectivity index (χ2v) is 6.41. The molecule has 0 spiro atoms. The number of anilines is 2. The van der Waals surface area contributed by atoms with E-state index in [4.69, 9.17) is 5.73 Å². The average Bonchev–Trinajstić information content (AvgIpc) is 2.91. The van der Waals surface area contributed by atoms with Crippen LogP contribution in [0.25, 0.3) is 0 Å². The average molecular weight is 289 g/mol. The molecule has 1 heterocycles. The summed E-state index contributed by atoms with van der Waals surface area (Å²) in [5.41, 5.74) is 8.33. The molecule has 1 fully saturated rings. The van der Waals surface area contributed by atoms with Crippen LogP contribution in [-0.2, 0) is 4.79 Å². The summed E-state index contributed by atoms with van der Waals surface area (Å²) in [6, 6.07) is 5.61. The second-order valence-electron chi connectivity index (χ2n) is 6.41. The summed E-state index contributed by atoms with van der Waals surface area (Å²) < 4.78 is 0. The molecule has 1 unspecified atom stereocenters. The van der Waals surface area contributed by atoms with Gasteiger partial charge in [-0.25, -0.2) is 0 Å². The summed E-state index contributed by atoms with van der Waals surface area (Å²) >= 11 is 0. The Morgan fingerprint density at radius 2 is 2.24 bits per heavy atom. The predicted molar refractivity (Wildman–Crippen MR) is 88.2 cm³/mol. The predicted octanol–water partition coefficient (Wildman–Crippen LogP) is 2.88. The van der Waals surface area contributed by atoms with Crippen LogP contribution < -0.4 is 11.1 Å². The van der Waals surface area contributed by atoms with Crippen molar-refractivity contribution in [3.63, 3.8) is 0 Å². The lowest BCUT2D eigenvalue weighted by Crippen LogP contribution is -2.26. The summed E-state index contributed by atoms with van der Waals surface area (Å²) in [5.74, 6) is 1.58. The van der Waals surface area contributed by atoms with Gasteiger partial charge in [-0.15, -0.1) is 0 Å². The molecule has 4 nitrogen and oxygen atoms in total. The van der Waals surface area contributed by atoms with Crippen molar-refractivity contribution in [2.75, 3.05) is 30.7 Å². The number of amides is 1. The Morgan fingerprint density at radius 3 is 2.90 bits per heavy atom. The first-order valence-electron chi connectivity index (χ1n) is 7.84. The van der Waals surface area contributed by atoms with Crippen LogP contribution in [0.3, 0.4) is 0 Å². The van der Waals surface area contributed by atoms with Crippen LogP contribution in [0.4, 0.5) is 11.4 Å². The Kier molecular flexibility index (Phi) is 5.23. The van der Waals surface area contributed by atoms with Crippen molar-refractivity contribution >= 4 is 17.3 Å². The van der Waals surface area contributed by atoms with E-state index in [-0.39, 0.29) is 5.91 Å². The smallest absolute Gasteiger partial charge is 0.225 e. The van der Waals surface area contributed by atoms with E-state index in [0.717, 1.165) is 42.7 Å². The number of nitrogens with two attached hydrogens (primary N) is 1. The molecule has 1 aliphatic rings. The zero-order valence-corrected chi connectivity index (χ0v) is 13.4. The molecular formula is C17H27N3O. The Bertz CT molecular complexity index is 499. The van der Waals surface area contributed by atoms with Crippen LogP contribution in [0.2, 0.25) is 0 Å². The van der Waals surface area contributed by atoms with Crippen LogP contribution in [0.1, 0.15) is 32.3 Å². The van der Waals surface area contributed by atoms with E-state index in [0.29, 0.717) is 12.1 Å². The van der Waals surface area contributed by atoms with Crippen molar-refractivity contribution in [2.24, 2.45) is 11.8 Å². The zero-order valence-electron chi connectivity index (χ0n) is 13.4. The van der Waals surface area contributed by atoms with E-state index in [2.05, 4.69) is 24.1 Å². The third-order valence-corrected chi connectivity index (χ3v) is 4.56. The maximum atomic E-state index is 12.1. The summed E-state index contributed by atoms with van der Waals surface area (Å²) in [5, 5.41) is 2.96. The number of nitrogen functional groups attached to an aromatic ring is 1. The molecule has 1 aliphatic heterocycles. The van der Waals surface area contributed by atoms with E-state index in [1.807, 2.05) is 25.1 Å². The molecule has 0 saturated carbocycles. The van der Waals surface area contributed by atoms with Gasteiger partial charge in [0, 0.05) is 30.9 Å². The van der Waals surface area contributed by atoms with Gasteiger partial charge in [-0.05, 0) is 49.4 Å². The fourth-order valence-corrected chi connectivity index (χ4v) is 2.87. The van der Waals surface area contributed by atoms with Gasteiger partial charge in [0.25, 0.3) is 0 Å². The summed E-state index contributed by atoms with van der Waals surface area (Å²) in [6.07, 6.45) is 1.80. The normalized spacial score (nSPS) is 19.1. The fraction of sp³-hybridized carbons (Fsp3) is 0.588. The molecule has 4 heteroatoms. The number of carbonyl (C=O) groups excluding carboxylic acids is 1. The quantitative estimate of drug-likeness (QED) is 0.819. The maximum absolute atomic E-state index is 12.1. The monoisotopic (exact) mass is 289 g/mol. The lowest BCUT2D eigenvalue weighted by molar-refractivity contribution is -0.116. The first kappa shape index (κ1) is 15.8. The number of rotatable bonds is 5. The molecule has 0 radical (unpaired) electrons. The molecule has 1 saturated heterocycles. The molecule has 3 N–H and O–H groups in total. The van der Waals surface area contributed by atoms with Gasteiger partial charge in [-0.1, -0.05) is 19.9 Å². The SMILES string of the molecule is Cc1c(N)cccc1NC(=O)CCN1CCC(C(C)C)C1. The number of likely N-dealkylation sites (tertiary alicyclic amines) is 1. The van der Waals surface area contributed by atoms with Crippen molar-refractivity contribution in [1.82, 2.24) is 4.90 Å². The first-order chi connectivity index (χ1) is 9.97. The van der Waals surface area contributed by atoms with E-state index in [1.165, 1.54) is 6.42 Å². The van der Waals surface area contributed by atoms with Crippen LogP contribution in [0.5, 0.6) is 0 Å². The van der Waals surface area contributed by atoms with Crippen molar-refractivity contribution < 1.29 is 4.79 Å². The molecule has 116 valence electrons. The van der Waals surface area contributed by atoms with Crippen molar-refractivity contribution in [3.05, 3.63) is 23.8 Å². The molecule has 21 heavy (non-hydrogen) atoms. The van der Waals surface area contributed by atoms with Gasteiger partial charge < -0.3 is 16.0 Å². The van der Waals surface area contributed by atoms with Gasteiger partial charge in [0.1, 0.15) is 0 Å². The largest absolute Gasteiger partial charge is 0.398 e. The van der Waals surface area contributed by atoms with E-state index >= 15 is 0 Å². The highest BCUT2D eigenvalue weighted by molar-refractivity contribution is 5.92. The molecule has 2 rings (SSSR count). The molecular weight excluding hydrogens is 262 g/mol. The fourth-order valence-electron chi connectivity index (χ4n) is 2.87. The van der Waals surface area contributed by atoms with Crippen molar-refractivity contribution in [3.8, 4) is 0 Å². The lowest BCUT2D eigenvalue weighted by atomic mass is 9.95. The minimum absolute atomic E-state index is 0.0664. The number of nitrogens with zero attached hydrogens (tertiary/aromatic N) is 1. The summed E-state index contributed by atoms with van der Waals surface area (Å²) in [4.78, 5) is 14.5. The Hall–Kier alpha value is -1.55. The van der Waals surface area contributed by atoms with Crippen molar-refractivity contribution in [1.29, 1.82) is 0 Å². The number of hydrogen-bond acceptors (Lipinski definition) is 3. The standard InChI is InChI=1S/C17H27N3O/c1-12(2)14-7-9-20(11-14)10-8-17(21)19-16-6-4-5-15(18)13(16)3/h4-6,12,14H,7-11,18H2,1-3H3,(H,19,21). The molecule has 1 atom stereocenters. The van der Waals surface area contributed by atoms with Gasteiger partial charge in [0.15, 0.2) is 0 Å². The third-order valence-electron chi connectivity index (χ3n) is 4.56. The number of benzene rings is 1. The Labute approximate surface area is 127 Å². The van der Waals surface area contributed by atoms with Gasteiger partial charge in [-0.3, -0.25) is 4.79 Å². The number of hydrogen-bond donors (Lipinski definition) is 2. The lowest BCUT2D eigenvalue weighted by Gasteiger charge is -2.17. The number of carbonyl (C=O) groups is 1. The molecule has 0 aliphatic carbocycles. The molecule has 1 aromatic carbocycles. The second kappa shape index (κ2) is 6.94. The Morgan fingerprint density at radius 1 is 1.48 bits per heavy atom. The minimum atomic E-state index is 0.0664. The summed E-state index contributed by atoms with van der Waals surface area (Å²) in [6.45, 7) is 9.58. The minimum Gasteiger partial charge on any atom is -0.398 e. The zero-order chi connectivity index (χ0) is 15.4. The van der Waals surface area contributed by atoms with Crippen LogP contribution >= 0.6 is 0 Å². The van der Waals surface area contributed by atoms with Gasteiger partial charge >= 0.3 is 0 Å². The van der Waals surface area contributed by atoms with Crippen LogP contribution in [0, 0.1) is 18.8 Å². The van der Waals surface area contributed by atoms with Crippen LogP contribution in [0.15, 0.2) is 18.2 Å². The molecule has 0 aromatic heterocycles. The highest BCUT2D eigenvalue weighted by Gasteiger charge is 2.24. The third kappa shape index (κ3) is 4.21. The molecule has 0 bridgehead atoms.